The second-order valence-corrected chi connectivity index (χ2v) is 4.36. The minimum atomic E-state index is -0.871. The van der Waals surface area contributed by atoms with E-state index in [-0.39, 0.29) is 18.0 Å². The van der Waals surface area contributed by atoms with Gasteiger partial charge in [0.25, 0.3) is 5.69 Å². The number of benzene rings is 1. The molecule has 1 aromatic rings. The summed E-state index contributed by atoms with van der Waals surface area (Å²) in [4.78, 5) is 10.2. The quantitative estimate of drug-likeness (QED) is 0.604. The molecule has 7 heteroatoms. The van der Waals surface area contributed by atoms with Crippen LogP contribution in [0.4, 0.5) is 5.69 Å². The number of nitro groups is 1. The van der Waals surface area contributed by atoms with E-state index in [9.17, 15) is 10.1 Å². The molecule has 0 amide bonds. The number of rotatable bonds is 7. The molecule has 1 N–H and O–H groups in total. The van der Waals surface area contributed by atoms with Crippen LogP contribution in [0.2, 0.25) is 0 Å². The Kier molecular flexibility index (Phi) is 5.29. The standard InChI is InChI=1S/C13H17N3O4/c1-4-15-13(2,8-14)9-20-12-7-10(16(17)18)5-6-11(12)19-3/h5-7,15H,4,9H2,1-3H3. The molecular formula is C13H17N3O4. The number of non-ortho nitro benzene ring substituents is 1. The summed E-state index contributed by atoms with van der Waals surface area (Å²) in [6.07, 6.45) is 0. The van der Waals surface area contributed by atoms with Crippen molar-refractivity contribution in [3.63, 3.8) is 0 Å². The number of nitriles is 1. The number of nitro benzene ring substituents is 1. The molecule has 1 unspecified atom stereocenters. The van der Waals surface area contributed by atoms with Crippen molar-refractivity contribution in [3.05, 3.63) is 28.3 Å². The fourth-order valence-corrected chi connectivity index (χ4v) is 1.63. The summed E-state index contributed by atoms with van der Waals surface area (Å²) in [7, 11) is 1.45. The number of likely N-dealkylation sites (N-methyl/N-ethyl adjacent to an activating group) is 1. The Balaban J connectivity index is 2.93. The minimum absolute atomic E-state index is 0.0505. The smallest absolute Gasteiger partial charge is 0.273 e. The summed E-state index contributed by atoms with van der Waals surface area (Å²) in [5.41, 5.74) is -0.965. The van der Waals surface area contributed by atoms with Crippen LogP contribution >= 0.6 is 0 Å². The molecule has 0 aliphatic heterocycles. The molecule has 1 rings (SSSR count). The lowest BCUT2D eigenvalue weighted by Crippen LogP contribution is -2.46. The lowest BCUT2D eigenvalue weighted by atomic mass is 10.1. The zero-order chi connectivity index (χ0) is 15.2. The van der Waals surface area contributed by atoms with Gasteiger partial charge < -0.3 is 9.47 Å². The molecule has 0 bridgehead atoms. The number of ether oxygens (including phenoxy) is 2. The molecule has 7 nitrogen and oxygen atoms in total. The van der Waals surface area contributed by atoms with Crippen LogP contribution in [0.1, 0.15) is 13.8 Å². The summed E-state index contributed by atoms with van der Waals surface area (Å²) < 4.78 is 10.6. The average molecular weight is 279 g/mol. The maximum Gasteiger partial charge on any atom is 0.273 e. The Morgan fingerprint density at radius 1 is 1.50 bits per heavy atom. The topological polar surface area (TPSA) is 97.4 Å². The van der Waals surface area contributed by atoms with Gasteiger partial charge in [-0.15, -0.1) is 0 Å². The van der Waals surface area contributed by atoms with E-state index in [4.69, 9.17) is 14.7 Å². The molecule has 0 saturated carbocycles. The first kappa shape index (κ1) is 15.7. The molecule has 20 heavy (non-hydrogen) atoms. The summed E-state index contributed by atoms with van der Waals surface area (Å²) in [5, 5.41) is 22.9. The number of nitrogens with one attached hydrogen (secondary N) is 1. The first-order valence-electron chi connectivity index (χ1n) is 6.07. The van der Waals surface area contributed by atoms with E-state index in [0.717, 1.165) is 0 Å². The van der Waals surface area contributed by atoms with E-state index in [0.29, 0.717) is 12.3 Å². The number of nitrogens with zero attached hydrogens (tertiary/aromatic N) is 2. The summed E-state index contributed by atoms with van der Waals surface area (Å²) >= 11 is 0. The van der Waals surface area contributed by atoms with Gasteiger partial charge in [-0.25, -0.2) is 0 Å². The van der Waals surface area contributed by atoms with Gasteiger partial charge in [-0.05, 0) is 19.5 Å². The van der Waals surface area contributed by atoms with Gasteiger partial charge in [0, 0.05) is 6.07 Å². The molecule has 0 radical (unpaired) electrons. The largest absolute Gasteiger partial charge is 0.493 e. The highest BCUT2D eigenvalue weighted by Crippen LogP contribution is 2.31. The Hall–Kier alpha value is -2.33. The van der Waals surface area contributed by atoms with Gasteiger partial charge in [0.2, 0.25) is 0 Å². The lowest BCUT2D eigenvalue weighted by molar-refractivity contribution is -0.385. The summed E-state index contributed by atoms with van der Waals surface area (Å²) in [5.74, 6) is 0.619. The molecule has 0 saturated heterocycles. The molecule has 0 fully saturated rings. The molecule has 0 aromatic heterocycles. The highest BCUT2D eigenvalue weighted by Gasteiger charge is 2.24. The van der Waals surface area contributed by atoms with Gasteiger partial charge in [0.15, 0.2) is 11.5 Å². The average Bonchev–Trinajstić information content (AvgIpc) is 2.45. The van der Waals surface area contributed by atoms with Crippen LogP contribution in [-0.4, -0.2) is 30.7 Å². The maximum atomic E-state index is 10.8. The van der Waals surface area contributed by atoms with E-state index < -0.39 is 10.5 Å². The zero-order valence-electron chi connectivity index (χ0n) is 11.7. The molecule has 0 aliphatic rings. The van der Waals surface area contributed by atoms with E-state index in [1.807, 2.05) is 6.92 Å². The van der Waals surface area contributed by atoms with Gasteiger partial charge in [0.1, 0.15) is 12.1 Å². The molecule has 108 valence electrons. The van der Waals surface area contributed by atoms with Crippen molar-refractivity contribution < 1.29 is 14.4 Å². The van der Waals surface area contributed by atoms with E-state index in [2.05, 4.69) is 11.4 Å². The third kappa shape index (κ3) is 3.83. The third-order valence-electron chi connectivity index (χ3n) is 2.69. The summed E-state index contributed by atoms with van der Waals surface area (Å²) in [6, 6.07) is 6.19. The van der Waals surface area contributed by atoms with Crippen LogP contribution in [0.15, 0.2) is 18.2 Å². The SMILES string of the molecule is CCNC(C)(C#N)COc1cc([N+](=O)[O-])ccc1OC. The first-order valence-corrected chi connectivity index (χ1v) is 6.07. The fourth-order valence-electron chi connectivity index (χ4n) is 1.63. The van der Waals surface area contributed by atoms with Crippen LogP contribution < -0.4 is 14.8 Å². The Morgan fingerprint density at radius 2 is 2.20 bits per heavy atom. The lowest BCUT2D eigenvalue weighted by Gasteiger charge is -2.23. The van der Waals surface area contributed by atoms with Crippen molar-refractivity contribution >= 4 is 5.69 Å². The first-order chi connectivity index (χ1) is 9.45. The Bertz CT molecular complexity index is 527. The van der Waals surface area contributed by atoms with Gasteiger partial charge in [-0.1, -0.05) is 6.92 Å². The van der Waals surface area contributed by atoms with Gasteiger partial charge >= 0.3 is 0 Å². The molecule has 0 heterocycles. The normalized spacial score (nSPS) is 13.1. The van der Waals surface area contributed by atoms with E-state index in [1.165, 1.54) is 25.3 Å². The predicted octanol–water partition coefficient (Wildman–Crippen LogP) is 1.87. The van der Waals surface area contributed by atoms with Gasteiger partial charge in [-0.2, -0.15) is 5.26 Å². The molecule has 1 atom stereocenters. The molecule has 1 aromatic carbocycles. The third-order valence-corrected chi connectivity index (χ3v) is 2.69. The zero-order valence-corrected chi connectivity index (χ0v) is 11.7. The van der Waals surface area contributed by atoms with Crippen molar-refractivity contribution in [2.24, 2.45) is 0 Å². The second-order valence-electron chi connectivity index (χ2n) is 4.36. The van der Waals surface area contributed by atoms with Crippen LogP contribution in [0.3, 0.4) is 0 Å². The Morgan fingerprint density at radius 3 is 2.70 bits per heavy atom. The van der Waals surface area contributed by atoms with Gasteiger partial charge in [0.05, 0.1) is 24.2 Å². The summed E-state index contributed by atoms with van der Waals surface area (Å²) in [6.45, 7) is 4.23. The minimum Gasteiger partial charge on any atom is -0.493 e. The maximum absolute atomic E-state index is 10.8. The van der Waals surface area contributed by atoms with Crippen molar-refractivity contribution in [2.75, 3.05) is 20.3 Å². The fraction of sp³-hybridized carbons (Fsp3) is 0.462. The van der Waals surface area contributed by atoms with Gasteiger partial charge in [-0.3, -0.25) is 15.4 Å². The molecular weight excluding hydrogens is 262 g/mol. The van der Waals surface area contributed by atoms with Crippen molar-refractivity contribution in [1.29, 1.82) is 5.26 Å². The van der Waals surface area contributed by atoms with Crippen LogP contribution in [-0.2, 0) is 0 Å². The highest BCUT2D eigenvalue weighted by atomic mass is 16.6. The molecule has 0 spiro atoms. The van der Waals surface area contributed by atoms with Crippen LogP contribution in [0.5, 0.6) is 11.5 Å². The Labute approximate surface area is 117 Å². The predicted molar refractivity (Wildman–Crippen MR) is 72.8 cm³/mol. The monoisotopic (exact) mass is 279 g/mol. The number of methoxy groups -OCH3 is 1. The highest BCUT2D eigenvalue weighted by molar-refractivity contribution is 5.48. The second kappa shape index (κ2) is 6.73. The number of hydrogen-bond donors (Lipinski definition) is 1. The van der Waals surface area contributed by atoms with Crippen LogP contribution in [0.25, 0.3) is 0 Å². The van der Waals surface area contributed by atoms with E-state index >= 15 is 0 Å². The molecule has 0 aliphatic carbocycles. The van der Waals surface area contributed by atoms with Crippen molar-refractivity contribution in [2.45, 2.75) is 19.4 Å². The van der Waals surface area contributed by atoms with Crippen molar-refractivity contribution in [3.8, 4) is 17.6 Å². The van der Waals surface area contributed by atoms with E-state index in [1.54, 1.807) is 6.92 Å². The van der Waals surface area contributed by atoms with Crippen molar-refractivity contribution in [1.82, 2.24) is 5.32 Å². The number of hydrogen-bond acceptors (Lipinski definition) is 6. The van der Waals surface area contributed by atoms with Crippen LogP contribution in [0, 0.1) is 21.4 Å².